The van der Waals surface area contributed by atoms with Gasteiger partial charge in [0.25, 0.3) is 0 Å². The summed E-state index contributed by atoms with van der Waals surface area (Å²) in [6.07, 6.45) is 3.57. The number of guanidine groups is 1. The Kier molecular flexibility index (Phi) is 6.69. The molecule has 1 aliphatic heterocycles. The van der Waals surface area contributed by atoms with Gasteiger partial charge in [-0.05, 0) is 23.3 Å². The monoisotopic (exact) mass is 432 g/mol. The Morgan fingerprint density at radius 2 is 1.84 bits per heavy atom. The highest BCUT2D eigenvalue weighted by molar-refractivity contribution is 5.98. The number of para-hydroxylation sites is 1. The zero-order valence-corrected chi connectivity index (χ0v) is 18.4. The summed E-state index contributed by atoms with van der Waals surface area (Å²) in [6, 6.07) is 18.1. The largest absolute Gasteiger partial charge is 0.489 e. The predicted molar refractivity (Wildman–Crippen MR) is 125 cm³/mol. The third kappa shape index (κ3) is 5.26. The molecule has 4 rings (SSSR count). The highest BCUT2D eigenvalue weighted by Crippen LogP contribution is 2.16. The third-order valence-electron chi connectivity index (χ3n) is 5.36. The summed E-state index contributed by atoms with van der Waals surface area (Å²) in [5, 5.41) is 7.53. The molecule has 1 fully saturated rings. The summed E-state index contributed by atoms with van der Waals surface area (Å²) in [6.45, 7) is 2.74. The normalized spacial score (nSPS) is 14.6. The van der Waals surface area contributed by atoms with E-state index in [-0.39, 0.29) is 12.5 Å². The van der Waals surface area contributed by atoms with Gasteiger partial charge in [-0.15, -0.1) is 0 Å². The van der Waals surface area contributed by atoms with E-state index in [1.165, 1.54) is 0 Å². The van der Waals surface area contributed by atoms with E-state index in [0.29, 0.717) is 26.2 Å². The molecule has 2 heterocycles. The summed E-state index contributed by atoms with van der Waals surface area (Å²) >= 11 is 0. The van der Waals surface area contributed by atoms with Crippen LogP contribution < -0.4 is 15.0 Å². The fourth-order valence-corrected chi connectivity index (χ4v) is 3.62. The second kappa shape index (κ2) is 10.00. The first-order valence-electron chi connectivity index (χ1n) is 10.6. The Bertz CT molecular complexity index is 1060. The second-order valence-electron chi connectivity index (χ2n) is 7.66. The number of rotatable bonds is 6. The highest BCUT2D eigenvalue weighted by Gasteiger charge is 2.27. The van der Waals surface area contributed by atoms with Crippen LogP contribution in [-0.4, -0.2) is 53.2 Å². The average molecular weight is 433 g/mol. The van der Waals surface area contributed by atoms with Crippen LogP contribution >= 0.6 is 0 Å². The van der Waals surface area contributed by atoms with Gasteiger partial charge in [-0.25, -0.2) is 0 Å². The first-order chi connectivity index (χ1) is 15.6. The molecule has 1 aliphatic rings. The quantitative estimate of drug-likeness (QED) is 0.478. The molecule has 0 radical (unpaired) electrons. The number of anilines is 1. The van der Waals surface area contributed by atoms with Crippen molar-refractivity contribution in [3.63, 3.8) is 0 Å². The number of benzene rings is 2. The molecule has 166 valence electrons. The minimum Gasteiger partial charge on any atom is -0.489 e. The molecule has 0 aliphatic carbocycles. The van der Waals surface area contributed by atoms with Gasteiger partial charge in [0.1, 0.15) is 18.9 Å². The average Bonchev–Trinajstić information content (AvgIpc) is 3.25. The molecule has 0 atom stereocenters. The lowest BCUT2D eigenvalue weighted by Crippen LogP contribution is -2.55. The fraction of sp³-hybridized carbons (Fsp3) is 0.292. The van der Waals surface area contributed by atoms with E-state index in [1.54, 1.807) is 22.8 Å². The first-order valence-corrected chi connectivity index (χ1v) is 10.6. The SMILES string of the molecule is CN=C(NCc1ccc(COc2ccccc2)cc1)N1CCN(c2cnn(C)c2)C(=O)C1. The van der Waals surface area contributed by atoms with Crippen molar-refractivity contribution in [3.05, 3.63) is 78.1 Å². The van der Waals surface area contributed by atoms with Gasteiger partial charge >= 0.3 is 0 Å². The van der Waals surface area contributed by atoms with E-state index in [1.807, 2.05) is 48.5 Å². The van der Waals surface area contributed by atoms with Crippen LogP contribution in [0.5, 0.6) is 5.75 Å². The number of amides is 1. The standard InChI is InChI=1S/C24H28N6O2/c1-25-24(29-12-13-30(23(31)17-29)21-15-27-28(2)16-21)26-14-19-8-10-20(11-9-19)18-32-22-6-4-3-5-7-22/h3-11,15-16H,12-14,17-18H2,1-2H3,(H,25,26). The number of hydrogen-bond donors (Lipinski definition) is 1. The van der Waals surface area contributed by atoms with E-state index in [2.05, 4.69) is 39.7 Å². The van der Waals surface area contributed by atoms with Crippen molar-refractivity contribution >= 4 is 17.6 Å². The molecule has 8 heteroatoms. The van der Waals surface area contributed by atoms with Crippen molar-refractivity contribution in [2.24, 2.45) is 12.0 Å². The van der Waals surface area contributed by atoms with Crippen molar-refractivity contribution in [2.75, 3.05) is 31.6 Å². The Balaban J connectivity index is 1.27. The molecular formula is C24H28N6O2. The van der Waals surface area contributed by atoms with E-state index in [9.17, 15) is 4.79 Å². The van der Waals surface area contributed by atoms with Crippen LogP contribution in [0.2, 0.25) is 0 Å². The summed E-state index contributed by atoms with van der Waals surface area (Å²) in [4.78, 5) is 20.8. The Morgan fingerprint density at radius 1 is 1.09 bits per heavy atom. The van der Waals surface area contributed by atoms with E-state index < -0.39 is 0 Å². The van der Waals surface area contributed by atoms with Gasteiger partial charge in [-0.2, -0.15) is 5.10 Å². The molecule has 0 spiro atoms. The van der Waals surface area contributed by atoms with Crippen LogP contribution in [-0.2, 0) is 25.0 Å². The van der Waals surface area contributed by atoms with Gasteiger partial charge < -0.3 is 19.9 Å². The smallest absolute Gasteiger partial charge is 0.246 e. The highest BCUT2D eigenvalue weighted by atomic mass is 16.5. The van der Waals surface area contributed by atoms with Gasteiger partial charge in [-0.1, -0.05) is 42.5 Å². The molecule has 1 N–H and O–H groups in total. The van der Waals surface area contributed by atoms with Gasteiger partial charge in [0, 0.05) is 39.9 Å². The molecule has 1 aromatic heterocycles. The predicted octanol–water partition coefficient (Wildman–Crippen LogP) is 2.42. The van der Waals surface area contributed by atoms with E-state index >= 15 is 0 Å². The molecular weight excluding hydrogens is 404 g/mol. The number of nitrogens with one attached hydrogen (secondary N) is 1. The van der Waals surface area contributed by atoms with Crippen molar-refractivity contribution in [1.82, 2.24) is 20.0 Å². The Morgan fingerprint density at radius 3 is 2.50 bits per heavy atom. The summed E-state index contributed by atoms with van der Waals surface area (Å²) < 4.78 is 7.50. The molecule has 0 bridgehead atoms. The molecule has 0 unspecified atom stereocenters. The Hall–Kier alpha value is -3.81. The van der Waals surface area contributed by atoms with E-state index in [4.69, 9.17) is 4.74 Å². The number of carbonyl (C=O) groups is 1. The molecule has 8 nitrogen and oxygen atoms in total. The maximum atomic E-state index is 12.7. The fourth-order valence-electron chi connectivity index (χ4n) is 3.62. The lowest BCUT2D eigenvalue weighted by molar-refractivity contribution is -0.120. The summed E-state index contributed by atoms with van der Waals surface area (Å²) in [5.74, 6) is 1.62. The van der Waals surface area contributed by atoms with Crippen LogP contribution in [0.4, 0.5) is 5.69 Å². The topological polar surface area (TPSA) is 75.0 Å². The maximum absolute atomic E-state index is 12.7. The molecule has 32 heavy (non-hydrogen) atoms. The molecule has 1 amide bonds. The number of aromatic nitrogens is 2. The minimum atomic E-state index is 0.0370. The van der Waals surface area contributed by atoms with Crippen molar-refractivity contribution in [3.8, 4) is 5.75 Å². The molecule has 2 aromatic carbocycles. The summed E-state index contributed by atoms with van der Waals surface area (Å²) in [5.41, 5.74) is 3.07. The van der Waals surface area contributed by atoms with Gasteiger partial charge in [0.05, 0.1) is 11.9 Å². The molecule has 0 saturated carbocycles. The van der Waals surface area contributed by atoms with Crippen LogP contribution in [0.1, 0.15) is 11.1 Å². The number of hydrogen-bond acceptors (Lipinski definition) is 4. The maximum Gasteiger partial charge on any atom is 0.246 e. The Labute approximate surface area is 188 Å². The van der Waals surface area contributed by atoms with Crippen LogP contribution in [0.3, 0.4) is 0 Å². The van der Waals surface area contributed by atoms with Gasteiger partial charge in [0.2, 0.25) is 5.91 Å². The minimum absolute atomic E-state index is 0.0370. The lowest BCUT2D eigenvalue weighted by atomic mass is 10.1. The van der Waals surface area contributed by atoms with Crippen molar-refractivity contribution < 1.29 is 9.53 Å². The third-order valence-corrected chi connectivity index (χ3v) is 5.36. The van der Waals surface area contributed by atoms with Crippen molar-refractivity contribution in [2.45, 2.75) is 13.2 Å². The number of aryl methyl sites for hydroxylation is 1. The van der Waals surface area contributed by atoms with Crippen LogP contribution in [0.25, 0.3) is 0 Å². The first kappa shape index (κ1) is 21.4. The zero-order valence-electron chi connectivity index (χ0n) is 18.4. The number of piperazine rings is 1. The number of nitrogens with zero attached hydrogens (tertiary/aromatic N) is 5. The van der Waals surface area contributed by atoms with Crippen LogP contribution in [0, 0.1) is 0 Å². The summed E-state index contributed by atoms with van der Waals surface area (Å²) in [7, 11) is 3.59. The second-order valence-corrected chi connectivity index (χ2v) is 7.66. The molecule has 3 aromatic rings. The van der Waals surface area contributed by atoms with Gasteiger partial charge in [0.15, 0.2) is 5.96 Å². The molecule has 1 saturated heterocycles. The number of carbonyl (C=O) groups excluding carboxylic acids is 1. The number of ether oxygens (including phenoxy) is 1. The zero-order chi connectivity index (χ0) is 22.3. The van der Waals surface area contributed by atoms with Crippen molar-refractivity contribution in [1.29, 1.82) is 0 Å². The van der Waals surface area contributed by atoms with E-state index in [0.717, 1.165) is 28.5 Å². The number of aliphatic imine (C=N–C) groups is 1. The lowest BCUT2D eigenvalue weighted by Gasteiger charge is -2.35. The van der Waals surface area contributed by atoms with Gasteiger partial charge in [-0.3, -0.25) is 14.5 Å². The van der Waals surface area contributed by atoms with Crippen LogP contribution in [0.15, 0.2) is 72.0 Å².